The van der Waals surface area contributed by atoms with Crippen LogP contribution in [0.25, 0.3) is 0 Å². The fourth-order valence-electron chi connectivity index (χ4n) is 1.86. The van der Waals surface area contributed by atoms with Crippen molar-refractivity contribution < 1.29 is 24.6 Å². The van der Waals surface area contributed by atoms with Gasteiger partial charge in [0.1, 0.15) is 13.2 Å². The summed E-state index contributed by atoms with van der Waals surface area (Å²) in [7, 11) is 0. The molecule has 0 amide bonds. The number of nitro benzene ring substituents is 1. The zero-order valence-electron chi connectivity index (χ0n) is 13.2. The van der Waals surface area contributed by atoms with Crippen LogP contribution in [0.5, 0.6) is 11.5 Å². The van der Waals surface area contributed by atoms with Crippen LogP contribution in [0.2, 0.25) is 0 Å². The van der Waals surface area contributed by atoms with E-state index in [1.165, 1.54) is 24.3 Å². The number of nitro groups is 1. The van der Waals surface area contributed by atoms with Gasteiger partial charge in [-0.25, -0.2) is 0 Å². The van der Waals surface area contributed by atoms with Crippen molar-refractivity contribution in [1.82, 2.24) is 0 Å². The quantitative estimate of drug-likeness (QED) is 0.408. The van der Waals surface area contributed by atoms with Crippen LogP contribution in [0.4, 0.5) is 17.1 Å². The van der Waals surface area contributed by atoms with E-state index in [0.717, 1.165) is 0 Å². The molecule has 0 heterocycles. The molecule has 2 rings (SSSR count). The molecule has 0 saturated carbocycles. The fraction of sp³-hybridized carbons (Fsp3) is 0.250. The smallest absolute Gasteiger partial charge is 0.269 e. The molecule has 0 fully saturated rings. The summed E-state index contributed by atoms with van der Waals surface area (Å²) in [5, 5.41) is 36.4. The van der Waals surface area contributed by atoms with E-state index in [-0.39, 0.29) is 32.1 Å². The van der Waals surface area contributed by atoms with Crippen molar-refractivity contribution in [2.75, 3.05) is 26.4 Å². The zero-order chi connectivity index (χ0) is 18.1. The molecule has 2 aromatic rings. The largest absolute Gasteiger partial charge is 0.487 e. The van der Waals surface area contributed by atoms with Crippen LogP contribution in [0, 0.1) is 10.1 Å². The molecule has 2 N–H and O–H groups in total. The highest BCUT2D eigenvalue weighted by Gasteiger charge is 2.07. The summed E-state index contributed by atoms with van der Waals surface area (Å²) in [5.74, 6) is 0.777. The van der Waals surface area contributed by atoms with Gasteiger partial charge in [0.25, 0.3) is 5.69 Å². The van der Waals surface area contributed by atoms with E-state index < -0.39 is 4.92 Å². The summed E-state index contributed by atoms with van der Waals surface area (Å²) in [6.07, 6.45) is 0. The molecule has 0 aliphatic carbocycles. The third-order valence-electron chi connectivity index (χ3n) is 2.97. The summed E-state index contributed by atoms with van der Waals surface area (Å²) in [5.41, 5.74) is 0.913. The Morgan fingerprint density at radius 1 is 0.880 bits per heavy atom. The lowest BCUT2D eigenvalue weighted by molar-refractivity contribution is -0.384. The Hall–Kier alpha value is -3.04. The van der Waals surface area contributed by atoms with Gasteiger partial charge in [0.05, 0.1) is 29.5 Å². The maximum Gasteiger partial charge on any atom is 0.269 e. The monoisotopic (exact) mass is 347 g/mol. The number of aliphatic hydroxyl groups is 2. The van der Waals surface area contributed by atoms with E-state index in [1.54, 1.807) is 18.2 Å². The Bertz CT molecular complexity index is 733. The number of ether oxygens (including phenoxy) is 2. The molecule has 25 heavy (non-hydrogen) atoms. The molecule has 0 aromatic heterocycles. The predicted molar refractivity (Wildman–Crippen MR) is 88.9 cm³/mol. The number of non-ortho nitro benzene ring substituents is 1. The number of aliphatic hydroxyl groups excluding tert-OH is 2. The van der Waals surface area contributed by atoms with Crippen molar-refractivity contribution in [1.29, 1.82) is 0 Å². The van der Waals surface area contributed by atoms with Gasteiger partial charge in [-0.1, -0.05) is 0 Å². The highest BCUT2D eigenvalue weighted by atomic mass is 16.6. The first-order chi connectivity index (χ1) is 12.1. The molecule has 132 valence electrons. The van der Waals surface area contributed by atoms with Crippen LogP contribution >= 0.6 is 0 Å². The molecular weight excluding hydrogens is 330 g/mol. The first-order valence-corrected chi connectivity index (χ1v) is 7.41. The van der Waals surface area contributed by atoms with E-state index in [1.807, 2.05) is 0 Å². The summed E-state index contributed by atoms with van der Waals surface area (Å²) >= 11 is 0. The molecule has 9 nitrogen and oxygen atoms in total. The Balaban J connectivity index is 2.15. The van der Waals surface area contributed by atoms with Gasteiger partial charge in [0.2, 0.25) is 0 Å². The number of hydrogen-bond donors (Lipinski definition) is 2. The molecular formula is C16H17N3O6. The van der Waals surface area contributed by atoms with Gasteiger partial charge < -0.3 is 19.7 Å². The van der Waals surface area contributed by atoms with Crippen LogP contribution in [0.3, 0.4) is 0 Å². The van der Waals surface area contributed by atoms with Crippen molar-refractivity contribution in [2.24, 2.45) is 10.2 Å². The van der Waals surface area contributed by atoms with Gasteiger partial charge in [-0.3, -0.25) is 10.1 Å². The van der Waals surface area contributed by atoms with Crippen molar-refractivity contribution >= 4 is 17.1 Å². The van der Waals surface area contributed by atoms with Gasteiger partial charge in [0, 0.05) is 18.2 Å². The van der Waals surface area contributed by atoms with Crippen molar-refractivity contribution in [2.45, 2.75) is 0 Å². The first-order valence-electron chi connectivity index (χ1n) is 7.41. The molecule has 0 bridgehead atoms. The summed E-state index contributed by atoms with van der Waals surface area (Å²) in [6, 6.07) is 10.5. The predicted octanol–water partition coefficient (Wildman–Crippen LogP) is 2.75. The molecule has 0 radical (unpaired) electrons. The topological polar surface area (TPSA) is 127 Å². The molecule has 2 aromatic carbocycles. The Kier molecular flexibility index (Phi) is 6.81. The van der Waals surface area contributed by atoms with Crippen molar-refractivity contribution in [3.8, 4) is 11.5 Å². The second-order valence-electron chi connectivity index (χ2n) is 4.75. The lowest BCUT2D eigenvalue weighted by atomic mass is 10.3. The number of rotatable bonds is 9. The van der Waals surface area contributed by atoms with E-state index in [4.69, 9.17) is 19.7 Å². The third-order valence-corrected chi connectivity index (χ3v) is 2.97. The summed E-state index contributed by atoms with van der Waals surface area (Å²) < 4.78 is 10.7. The molecule has 9 heteroatoms. The Morgan fingerprint density at radius 2 is 1.44 bits per heavy atom. The minimum Gasteiger partial charge on any atom is -0.487 e. The summed E-state index contributed by atoms with van der Waals surface area (Å²) in [6.45, 7) is -0.105. The maximum atomic E-state index is 10.6. The molecule has 0 saturated heterocycles. The van der Waals surface area contributed by atoms with E-state index in [9.17, 15) is 10.1 Å². The highest BCUT2D eigenvalue weighted by Crippen LogP contribution is 2.32. The Morgan fingerprint density at radius 3 is 2.04 bits per heavy atom. The minimum atomic E-state index is -0.489. The maximum absolute atomic E-state index is 10.6. The van der Waals surface area contributed by atoms with Crippen molar-refractivity contribution in [3.63, 3.8) is 0 Å². The lowest BCUT2D eigenvalue weighted by Crippen LogP contribution is -2.06. The van der Waals surface area contributed by atoms with E-state index >= 15 is 0 Å². The average molecular weight is 347 g/mol. The van der Waals surface area contributed by atoms with Crippen LogP contribution in [0.15, 0.2) is 52.7 Å². The fourth-order valence-corrected chi connectivity index (χ4v) is 1.86. The van der Waals surface area contributed by atoms with E-state index in [2.05, 4.69) is 10.2 Å². The number of hydrogen-bond acceptors (Lipinski definition) is 8. The Labute approximate surface area is 143 Å². The molecule has 0 unspecified atom stereocenters. The van der Waals surface area contributed by atoms with Gasteiger partial charge in [-0.05, 0) is 24.3 Å². The van der Waals surface area contributed by atoms with Gasteiger partial charge in [0.15, 0.2) is 11.5 Å². The SMILES string of the molecule is O=[N+]([O-])c1ccc(N=Nc2ccc(OCCO)c(OCCO)c2)cc1. The number of nitrogens with zero attached hydrogens (tertiary/aromatic N) is 3. The van der Waals surface area contributed by atoms with Gasteiger partial charge >= 0.3 is 0 Å². The van der Waals surface area contributed by atoms with Crippen molar-refractivity contribution in [3.05, 3.63) is 52.6 Å². The van der Waals surface area contributed by atoms with Crippen LogP contribution < -0.4 is 9.47 Å². The minimum absolute atomic E-state index is 0.0241. The first kappa shape index (κ1) is 18.3. The van der Waals surface area contributed by atoms with E-state index in [0.29, 0.717) is 22.9 Å². The lowest BCUT2D eigenvalue weighted by Gasteiger charge is -2.11. The molecule has 0 spiro atoms. The molecule has 0 atom stereocenters. The number of benzene rings is 2. The standard InChI is InChI=1S/C16H17N3O6/c20-7-9-24-15-6-3-13(11-16(15)25-10-8-21)18-17-12-1-4-14(5-2-12)19(22)23/h1-6,11,20-21H,7-10H2. The second kappa shape index (κ2) is 9.30. The highest BCUT2D eigenvalue weighted by molar-refractivity contribution is 5.52. The average Bonchev–Trinajstić information content (AvgIpc) is 2.64. The van der Waals surface area contributed by atoms with Crippen LogP contribution in [0.1, 0.15) is 0 Å². The second-order valence-corrected chi connectivity index (χ2v) is 4.75. The molecule has 0 aliphatic rings. The van der Waals surface area contributed by atoms with Crippen LogP contribution in [-0.4, -0.2) is 41.6 Å². The molecule has 0 aliphatic heterocycles. The third kappa shape index (κ3) is 5.52. The van der Waals surface area contributed by atoms with Crippen LogP contribution in [-0.2, 0) is 0 Å². The zero-order valence-corrected chi connectivity index (χ0v) is 13.2. The summed E-state index contributed by atoms with van der Waals surface area (Å²) in [4.78, 5) is 10.1. The normalized spacial score (nSPS) is 10.8. The van der Waals surface area contributed by atoms with Gasteiger partial charge in [-0.2, -0.15) is 10.2 Å². The van der Waals surface area contributed by atoms with Gasteiger partial charge in [-0.15, -0.1) is 0 Å². The number of azo groups is 1.